The summed E-state index contributed by atoms with van der Waals surface area (Å²) in [6.45, 7) is 3.78. The highest BCUT2D eigenvalue weighted by atomic mass is 32.2. The average Bonchev–Trinajstić information content (AvgIpc) is 3.29. The lowest BCUT2D eigenvalue weighted by atomic mass is 9.89. The molecule has 0 aromatic carbocycles. The van der Waals surface area contributed by atoms with Crippen molar-refractivity contribution in [3.63, 3.8) is 0 Å². The zero-order chi connectivity index (χ0) is 21.8. The van der Waals surface area contributed by atoms with Gasteiger partial charge in [0.25, 0.3) is 5.91 Å². The van der Waals surface area contributed by atoms with Crippen LogP contribution < -0.4 is 5.32 Å². The number of nitrogens with zero attached hydrogens (tertiary/aromatic N) is 2. The lowest BCUT2D eigenvalue weighted by Gasteiger charge is -2.22. The van der Waals surface area contributed by atoms with Crippen molar-refractivity contribution >= 4 is 63.3 Å². The highest BCUT2D eigenvalue weighted by molar-refractivity contribution is 8.26. The fourth-order valence-corrected chi connectivity index (χ4v) is 5.22. The molecule has 2 amide bonds. The fourth-order valence-electron chi connectivity index (χ4n) is 3.19. The summed E-state index contributed by atoms with van der Waals surface area (Å²) in [6, 6.07) is 4.93. The Hall–Kier alpha value is -2.54. The maximum Gasteiger partial charge on any atom is 0.266 e. The molecule has 1 saturated heterocycles. The molecule has 0 saturated carbocycles. The van der Waals surface area contributed by atoms with E-state index in [2.05, 4.69) is 5.32 Å². The summed E-state index contributed by atoms with van der Waals surface area (Å²) >= 11 is 8.11. The van der Waals surface area contributed by atoms with E-state index in [1.807, 2.05) is 29.7 Å². The van der Waals surface area contributed by atoms with E-state index < -0.39 is 6.04 Å². The summed E-state index contributed by atoms with van der Waals surface area (Å²) in [5, 5.41) is 13.8. The molecule has 1 N–H and O–H groups in total. The number of hydrogen-bond donors (Lipinski definition) is 1. The number of Topliss-reactive ketones (excluding diaryl/α,β-unsaturated/α-hetero) is 1. The number of nitriles is 1. The van der Waals surface area contributed by atoms with Crippen LogP contribution in [0.3, 0.4) is 0 Å². The second kappa shape index (κ2) is 9.51. The number of ketones is 1. The molecular weight excluding hydrogens is 438 g/mol. The van der Waals surface area contributed by atoms with Crippen molar-refractivity contribution in [2.24, 2.45) is 0 Å². The number of hydrogen-bond acceptors (Lipinski definition) is 7. The third-order valence-electron chi connectivity index (χ3n) is 4.70. The van der Waals surface area contributed by atoms with Gasteiger partial charge in [0.05, 0.1) is 4.91 Å². The highest BCUT2D eigenvalue weighted by Crippen LogP contribution is 2.33. The predicted octanol–water partition coefficient (Wildman–Crippen LogP) is 3.58. The monoisotopic (exact) mass is 457 g/mol. The Morgan fingerprint density at radius 3 is 2.83 bits per heavy atom. The van der Waals surface area contributed by atoms with Crippen LogP contribution in [0.2, 0.25) is 0 Å². The number of amides is 2. The van der Waals surface area contributed by atoms with E-state index in [0.29, 0.717) is 33.3 Å². The Bertz CT molecular complexity index is 1050. The summed E-state index contributed by atoms with van der Waals surface area (Å²) in [4.78, 5) is 40.4. The van der Waals surface area contributed by atoms with Gasteiger partial charge in [-0.1, -0.05) is 36.1 Å². The number of carbonyl (C=O) groups excluding carboxylic acids is 3. The molecule has 1 aromatic rings. The van der Waals surface area contributed by atoms with Gasteiger partial charge in [-0.15, -0.1) is 11.3 Å². The fraction of sp³-hybridized carbons (Fsp3) is 0.286. The maximum absolute atomic E-state index is 12.6. The van der Waals surface area contributed by atoms with Crippen molar-refractivity contribution in [1.82, 2.24) is 10.2 Å². The maximum atomic E-state index is 12.6. The van der Waals surface area contributed by atoms with Crippen LogP contribution >= 0.6 is 35.3 Å². The molecule has 30 heavy (non-hydrogen) atoms. The van der Waals surface area contributed by atoms with Crippen molar-refractivity contribution in [1.29, 1.82) is 5.26 Å². The van der Waals surface area contributed by atoms with Gasteiger partial charge in [0, 0.05) is 17.8 Å². The van der Waals surface area contributed by atoms with E-state index in [0.717, 1.165) is 4.88 Å². The van der Waals surface area contributed by atoms with Crippen LogP contribution in [0.4, 0.5) is 0 Å². The Morgan fingerprint density at radius 2 is 2.17 bits per heavy atom. The largest absolute Gasteiger partial charge is 0.342 e. The van der Waals surface area contributed by atoms with Crippen LogP contribution in [0.15, 0.2) is 45.2 Å². The van der Waals surface area contributed by atoms with Gasteiger partial charge in [0.1, 0.15) is 22.0 Å². The summed E-state index contributed by atoms with van der Waals surface area (Å²) in [6.07, 6.45) is 4.12. The Kier molecular flexibility index (Phi) is 7.02. The van der Waals surface area contributed by atoms with Crippen molar-refractivity contribution in [2.45, 2.75) is 32.7 Å². The van der Waals surface area contributed by atoms with Crippen molar-refractivity contribution in [3.05, 3.63) is 50.1 Å². The molecule has 0 radical (unpaired) electrons. The number of allylic oxidation sites excluding steroid dienone is 2. The third kappa shape index (κ3) is 4.78. The number of carbonyl (C=O) groups is 3. The van der Waals surface area contributed by atoms with Gasteiger partial charge < -0.3 is 5.32 Å². The van der Waals surface area contributed by atoms with Gasteiger partial charge in [-0.05, 0) is 48.9 Å². The molecule has 2 aliphatic rings. The van der Waals surface area contributed by atoms with E-state index in [9.17, 15) is 14.4 Å². The average molecular weight is 458 g/mol. The molecular formula is C21H19N3O3S3. The Morgan fingerprint density at radius 1 is 1.40 bits per heavy atom. The molecule has 1 aliphatic carbocycles. The number of thiocarbonyl (C=S) groups is 1. The van der Waals surface area contributed by atoms with Crippen LogP contribution in [-0.2, 0) is 14.4 Å². The van der Waals surface area contributed by atoms with E-state index in [-0.39, 0.29) is 29.6 Å². The molecule has 1 aliphatic heterocycles. The van der Waals surface area contributed by atoms with Gasteiger partial charge in [-0.25, -0.2) is 0 Å². The molecule has 1 aromatic heterocycles. The van der Waals surface area contributed by atoms with E-state index in [1.54, 1.807) is 31.3 Å². The van der Waals surface area contributed by atoms with Gasteiger partial charge in [-0.2, -0.15) is 5.26 Å². The lowest BCUT2D eigenvalue weighted by Crippen LogP contribution is -2.44. The molecule has 6 nitrogen and oxygen atoms in total. The zero-order valence-corrected chi connectivity index (χ0v) is 18.9. The number of rotatable bonds is 6. The van der Waals surface area contributed by atoms with Crippen molar-refractivity contribution in [3.8, 4) is 6.07 Å². The number of thiophene rings is 1. The minimum absolute atomic E-state index is 0.0704. The van der Waals surface area contributed by atoms with Crippen LogP contribution in [0.25, 0.3) is 6.08 Å². The molecule has 0 bridgehead atoms. The van der Waals surface area contributed by atoms with E-state index in [1.165, 1.54) is 16.7 Å². The molecule has 1 fully saturated rings. The second-order valence-electron chi connectivity index (χ2n) is 6.88. The molecule has 154 valence electrons. The Labute approximate surface area is 188 Å². The molecule has 0 spiro atoms. The first-order chi connectivity index (χ1) is 14.3. The molecule has 1 atom stereocenters. The minimum atomic E-state index is -0.818. The standard InChI is InChI=1S/C21H19N3O3S3/c1-12-9-13(2)18(19(26)15(12)11-22)23-17(25)6-3-7-24-20(27)16(30-21(24)28)10-14-5-4-8-29-14/h4-5,8-10,18H,3,6-7H2,1-2H3,(H,23,25)/b16-10+. The first kappa shape index (κ1) is 22.2. The molecule has 3 rings (SSSR count). The Balaban J connectivity index is 1.53. The third-order valence-corrected chi connectivity index (χ3v) is 6.89. The summed E-state index contributed by atoms with van der Waals surface area (Å²) < 4.78 is 0.476. The minimum Gasteiger partial charge on any atom is -0.342 e. The normalized spacial score (nSPS) is 20.6. The van der Waals surface area contributed by atoms with Gasteiger partial charge in [-0.3, -0.25) is 19.3 Å². The summed E-state index contributed by atoms with van der Waals surface area (Å²) in [7, 11) is 0. The van der Waals surface area contributed by atoms with Crippen LogP contribution in [-0.4, -0.2) is 39.4 Å². The van der Waals surface area contributed by atoms with Crippen LogP contribution in [0.5, 0.6) is 0 Å². The van der Waals surface area contributed by atoms with Gasteiger partial charge in [0.15, 0.2) is 5.78 Å². The molecule has 1 unspecified atom stereocenters. The number of nitrogens with one attached hydrogen (secondary N) is 1. The SMILES string of the molecule is CC1=CC(C)=C(C#N)C(=O)C1NC(=O)CCCN1C(=O)/C(=C\c2cccs2)SC1=S. The van der Waals surface area contributed by atoms with Crippen molar-refractivity contribution < 1.29 is 14.4 Å². The highest BCUT2D eigenvalue weighted by Gasteiger charge is 2.32. The molecule has 9 heteroatoms. The zero-order valence-electron chi connectivity index (χ0n) is 16.4. The summed E-state index contributed by atoms with van der Waals surface area (Å²) in [5.41, 5.74) is 1.37. The number of thioether (sulfide) groups is 1. The quantitative estimate of drug-likeness (QED) is 0.519. The van der Waals surface area contributed by atoms with E-state index >= 15 is 0 Å². The molecule has 2 heterocycles. The summed E-state index contributed by atoms with van der Waals surface area (Å²) in [5.74, 6) is -0.851. The predicted molar refractivity (Wildman–Crippen MR) is 122 cm³/mol. The lowest BCUT2D eigenvalue weighted by molar-refractivity contribution is -0.126. The van der Waals surface area contributed by atoms with Crippen molar-refractivity contribution in [2.75, 3.05) is 6.54 Å². The van der Waals surface area contributed by atoms with Crippen LogP contribution in [0, 0.1) is 11.3 Å². The van der Waals surface area contributed by atoms with Crippen LogP contribution in [0.1, 0.15) is 31.6 Å². The topological polar surface area (TPSA) is 90.3 Å². The second-order valence-corrected chi connectivity index (χ2v) is 9.53. The first-order valence-electron chi connectivity index (χ1n) is 9.23. The van der Waals surface area contributed by atoms with E-state index in [4.69, 9.17) is 17.5 Å². The smallest absolute Gasteiger partial charge is 0.266 e. The van der Waals surface area contributed by atoms with Gasteiger partial charge >= 0.3 is 0 Å². The first-order valence-corrected chi connectivity index (χ1v) is 11.3. The van der Waals surface area contributed by atoms with Gasteiger partial charge in [0.2, 0.25) is 5.91 Å².